The number of hydrogen-bond acceptors (Lipinski definition) is 7. The topological polar surface area (TPSA) is 119 Å². The van der Waals surface area contributed by atoms with Crippen LogP contribution in [0.2, 0.25) is 5.02 Å². The van der Waals surface area contributed by atoms with Crippen molar-refractivity contribution in [3.8, 4) is 5.75 Å². The Hall–Kier alpha value is -3.67. The first-order valence-corrected chi connectivity index (χ1v) is 13.1. The zero-order chi connectivity index (χ0) is 27.4. The van der Waals surface area contributed by atoms with Gasteiger partial charge in [0.15, 0.2) is 0 Å². The number of rotatable bonds is 8. The average Bonchev–Trinajstić information content (AvgIpc) is 3.13. The van der Waals surface area contributed by atoms with Crippen molar-refractivity contribution in [1.29, 1.82) is 0 Å². The summed E-state index contributed by atoms with van der Waals surface area (Å²) in [4.78, 5) is 49.5. The predicted octanol–water partition coefficient (Wildman–Crippen LogP) is 6.57. The number of nitrogens with one attached hydrogen (secondary N) is 1. The van der Waals surface area contributed by atoms with E-state index in [0.717, 1.165) is 26.7 Å². The highest BCUT2D eigenvalue weighted by atomic mass is 79.9. The summed E-state index contributed by atoms with van der Waals surface area (Å²) in [5.41, 5.74) is 2.50. The maximum absolute atomic E-state index is 13.0. The van der Waals surface area contributed by atoms with Crippen molar-refractivity contribution in [2.75, 3.05) is 11.9 Å². The predicted molar refractivity (Wildman–Crippen MR) is 149 cm³/mol. The molecule has 0 bridgehead atoms. The molecule has 3 aromatic carbocycles. The summed E-state index contributed by atoms with van der Waals surface area (Å²) in [5, 5.41) is 13.4. The average molecular weight is 617 g/mol. The number of imide groups is 1. The Morgan fingerprint density at radius 3 is 2.61 bits per heavy atom. The van der Waals surface area contributed by atoms with Gasteiger partial charge in [0.1, 0.15) is 18.9 Å². The minimum atomic E-state index is -0.598. The lowest BCUT2D eigenvalue weighted by Crippen LogP contribution is -2.36. The molecule has 1 saturated heterocycles. The molecule has 0 aromatic heterocycles. The Kier molecular flexibility index (Phi) is 8.50. The van der Waals surface area contributed by atoms with Crippen LogP contribution in [0.1, 0.15) is 16.7 Å². The third-order valence-electron chi connectivity index (χ3n) is 5.45. The number of aryl methyl sites for hydroxylation is 1. The molecule has 3 aromatic rings. The van der Waals surface area contributed by atoms with Crippen molar-refractivity contribution in [1.82, 2.24) is 4.90 Å². The highest BCUT2D eigenvalue weighted by Gasteiger charge is 2.36. The molecule has 0 atom stereocenters. The Balaban J connectivity index is 1.47. The molecule has 194 valence electrons. The van der Waals surface area contributed by atoms with Crippen molar-refractivity contribution in [3.05, 3.63) is 102 Å². The van der Waals surface area contributed by atoms with E-state index >= 15 is 0 Å². The van der Waals surface area contributed by atoms with Crippen molar-refractivity contribution in [2.24, 2.45) is 0 Å². The van der Waals surface area contributed by atoms with Crippen LogP contribution in [-0.4, -0.2) is 33.4 Å². The molecular formula is C26H19BrClN3O6S. The van der Waals surface area contributed by atoms with E-state index in [2.05, 4.69) is 21.2 Å². The molecule has 0 saturated carbocycles. The van der Waals surface area contributed by atoms with E-state index in [0.29, 0.717) is 27.6 Å². The number of benzene rings is 3. The van der Waals surface area contributed by atoms with Gasteiger partial charge in [0.2, 0.25) is 5.91 Å². The summed E-state index contributed by atoms with van der Waals surface area (Å²) >= 11 is 10.1. The third kappa shape index (κ3) is 6.60. The van der Waals surface area contributed by atoms with E-state index in [-0.39, 0.29) is 17.2 Å². The second-order valence-corrected chi connectivity index (χ2v) is 10.5. The fraction of sp³-hybridized carbons (Fsp3) is 0.115. The SMILES string of the molecule is Cc1ccc(Cl)cc1NC(=O)CN1C(=O)S/C(=C\c2cc(Br)ccc2OCc2ccc([N+](=O)[O-])cc2)C1=O. The fourth-order valence-corrected chi connectivity index (χ4v) is 4.86. The number of carbonyl (C=O) groups excluding carboxylic acids is 3. The molecule has 0 radical (unpaired) electrons. The van der Waals surface area contributed by atoms with E-state index in [1.807, 2.05) is 0 Å². The van der Waals surface area contributed by atoms with E-state index in [1.54, 1.807) is 55.5 Å². The molecule has 0 unspecified atom stereocenters. The lowest BCUT2D eigenvalue weighted by Gasteiger charge is -2.14. The van der Waals surface area contributed by atoms with E-state index in [4.69, 9.17) is 16.3 Å². The minimum Gasteiger partial charge on any atom is -0.488 e. The third-order valence-corrected chi connectivity index (χ3v) is 7.08. The van der Waals surface area contributed by atoms with Crippen LogP contribution in [0.15, 0.2) is 70.0 Å². The molecule has 38 heavy (non-hydrogen) atoms. The van der Waals surface area contributed by atoms with Gasteiger partial charge < -0.3 is 10.1 Å². The largest absolute Gasteiger partial charge is 0.488 e. The van der Waals surface area contributed by atoms with Crippen LogP contribution in [-0.2, 0) is 16.2 Å². The van der Waals surface area contributed by atoms with Crippen molar-refractivity contribution >= 4 is 73.8 Å². The highest BCUT2D eigenvalue weighted by Crippen LogP contribution is 2.35. The first-order chi connectivity index (χ1) is 18.1. The lowest BCUT2D eigenvalue weighted by atomic mass is 10.1. The molecule has 1 aliphatic rings. The Morgan fingerprint density at radius 2 is 1.89 bits per heavy atom. The molecule has 1 aliphatic heterocycles. The number of thioether (sulfide) groups is 1. The van der Waals surface area contributed by atoms with E-state index in [1.165, 1.54) is 18.2 Å². The number of nitrogens with zero attached hydrogens (tertiary/aromatic N) is 2. The number of amides is 3. The molecular weight excluding hydrogens is 598 g/mol. The molecule has 12 heteroatoms. The van der Waals surface area contributed by atoms with Gasteiger partial charge in [-0.2, -0.15) is 0 Å². The number of nitro benzene ring substituents is 1. The van der Waals surface area contributed by atoms with Crippen molar-refractivity contribution in [2.45, 2.75) is 13.5 Å². The molecule has 1 heterocycles. The number of non-ortho nitro benzene ring substituents is 1. The molecule has 0 spiro atoms. The number of halogens is 2. The second-order valence-electron chi connectivity index (χ2n) is 8.17. The van der Waals surface area contributed by atoms with E-state index < -0.39 is 28.5 Å². The number of ether oxygens (including phenoxy) is 1. The summed E-state index contributed by atoms with van der Waals surface area (Å²) in [6.45, 7) is 1.48. The number of anilines is 1. The standard InChI is InChI=1S/C26H19BrClN3O6S/c1-15-2-6-19(28)12-21(15)29-24(32)13-30-25(33)23(38-26(30)34)11-17-10-18(27)5-9-22(17)37-14-16-3-7-20(8-4-16)31(35)36/h2-12H,13-14H2,1H3,(H,29,32)/b23-11-. The fourth-order valence-electron chi connectivity index (χ4n) is 3.48. The Labute approximate surface area is 235 Å². The first-order valence-electron chi connectivity index (χ1n) is 11.1. The molecule has 1 N–H and O–H groups in total. The molecule has 0 aliphatic carbocycles. The summed E-state index contributed by atoms with van der Waals surface area (Å²) in [5.74, 6) is -0.694. The van der Waals surface area contributed by atoms with Gasteiger partial charge in [-0.1, -0.05) is 33.6 Å². The summed E-state index contributed by atoms with van der Waals surface area (Å²) < 4.78 is 6.62. The maximum Gasteiger partial charge on any atom is 0.294 e. The molecule has 9 nitrogen and oxygen atoms in total. The zero-order valence-electron chi connectivity index (χ0n) is 19.8. The van der Waals surface area contributed by atoms with Gasteiger partial charge in [-0.05, 0) is 78.4 Å². The van der Waals surface area contributed by atoms with Gasteiger partial charge in [0.25, 0.3) is 16.8 Å². The quantitative estimate of drug-likeness (QED) is 0.173. The Bertz CT molecular complexity index is 1480. The van der Waals surface area contributed by atoms with E-state index in [9.17, 15) is 24.5 Å². The normalized spacial score (nSPS) is 14.2. The number of carbonyl (C=O) groups is 3. The van der Waals surface area contributed by atoms with Crippen LogP contribution in [0.4, 0.5) is 16.2 Å². The Morgan fingerprint density at radius 1 is 1.16 bits per heavy atom. The smallest absolute Gasteiger partial charge is 0.294 e. The van der Waals surface area contributed by atoms with Crippen LogP contribution in [0.5, 0.6) is 5.75 Å². The second kappa shape index (κ2) is 11.8. The van der Waals surface area contributed by atoms with Crippen molar-refractivity contribution in [3.63, 3.8) is 0 Å². The van der Waals surface area contributed by atoms with Gasteiger partial charge >= 0.3 is 0 Å². The van der Waals surface area contributed by atoms with Crippen LogP contribution in [0.3, 0.4) is 0 Å². The van der Waals surface area contributed by atoms with Gasteiger partial charge in [0, 0.05) is 32.9 Å². The van der Waals surface area contributed by atoms with Gasteiger partial charge in [-0.3, -0.25) is 29.4 Å². The number of hydrogen-bond donors (Lipinski definition) is 1. The monoisotopic (exact) mass is 615 g/mol. The van der Waals surface area contributed by atoms with Gasteiger partial charge in [-0.15, -0.1) is 0 Å². The van der Waals surface area contributed by atoms with Crippen LogP contribution in [0.25, 0.3) is 6.08 Å². The summed E-state index contributed by atoms with van der Waals surface area (Å²) in [6.07, 6.45) is 1.53. The van der Waals surface area contributed by atoms with Gasteiger partial charge in [0.05, 0.1) is 9.83 Å². The lowest BCUT2D eigenvalue weighted by molar-refractivity contribution is -0.384. The molecule has 1 fully saturated rings. The minimum absolute atomic E-state index is 0.0230. The van der Waals surface area contributed by atoms with Crippen LogP contribution >= 0.6 is 39.3 Å². The van der Waals surface area contributed by atoms with Crippen LogP contribution in [0, 0.1) is 17.0 Å². The summed E-state index contributed by atoms with van der Waals surface area (Å²) in [7, 11) is 0. The maximum atomic E-state index is 13.0. The zero-order valence-corrected chi connectivity index (χ0v) is 22.9. The van der Waals surface area contributed by atoms with Crippen molar-refractivity contribution < 1.29 is 24.0 Å². The first kappa shape index (κ1) is 27.4. The summed E-state index contributed by atoms with van der Waals surface area (Å²) in [6, 6.07) is 16.2. The molecule has 3 amide bonds. The number of nitro groups is 1. The van der Waals surface area contributed by atoms with Gasteiger partial charge in [-0.25, -0.2) is 0 Å². The molecule has 4 rings (SSSR count). The highest BCUT2D eigenvalue weighted by molar-refractivity contribution is 9.10. The van der Waals surface area contributed by atoms with Crippen LogP contribution < -0.4 is 10.1 Å².